The lowest BCUT2D eigenvalue weighted by molar-refractivity contribution is -0.385. The zero-order valence-corrected chi connectivity index (χ0v) is 9.17. The van der Waals surface area contributed by atoms with Crippen LogP contribution in [0.1, 0.15) is 29.3 Å². The van der Waals surface area contributed by atoms with Gasteiger partial charge < -0.3 is 9.90 Å². The predicted octanol–water partition coefficient (Wildman–Crippen LogP) is 1.81. The van der Waals surface area contributed by atoms with Crippen LogP contribution in [0.4, 0.5) is 5.69 Å². The molecule has 0 radical (unpaired) electrons. The second-order valence-corrected chi connectivity index (χ2v) is 3.58. The highest BCUT2D eigenvalue weighted by Crippen LogP contribution is 2.23. The van der Waals surface area contributed by atoms with Crippen molar-refractivity contribution in [1.29, 1.82) is 0 Å². The molecule has 0 aromatic heterocycles. The normalized spacial score (nSPS) is 9.94. The van der Waals surface area contributed by atoms with Crippen molar-refractivity contribution in [1.82, 2.24) is 0 Å². The molecular formula is C11H11NO5. The van der Waals surface area contributed by atoms with E-state index in [1.54, 1.807) is 0 Å². The fourth-order valence-electron chi connectivity index (χ4n) is 1.50. The number of carbonyl (C=O) groups excluding carboxylic acids is 1. The fourth-order valence-corrected chi connectivity index (χ4v) is 1.50. The van der Waals surface area contributed by atoms with Gasteiger partial charge in [-0.25, -0.2) is 4.79 Å². The van der Waals surface area contributed by atoms with Crippen LogP contribution in [0.25, 0.3) is 0 Å². The number of carboxylic acids is 1. The van der Waals surface area contributed by atoms with Crippen LogP contribution in [-0.4, -0.2) is 21.8 Å². The van der Waals surface area contributed by atoms with Crippen molar-refractivity contribution in [2.24, 2.45) is 0 Å². The van der Waals surface area contributed by atoms with E-state index in [0.29, 0.717) is 5.56 Å². The van der Waals surface area contributed by atoms with E-state index >= 15 is 0 Å². The number of nitro benzene ring substituents is 1. The maximum absolute atomic E-state index is 11.0. The Hall–Kier alpha value is -2.24. The molecule has 17 heavy (non-hydrogen) atoms. The van der Waals surface area contributed by atoms with Gasteiger partial charge in [0.25, 0.3) is 5.69 Å². The molecule has 0 heterocycles. The predicted molar refractivity (Wildman–Crippen MR) is 59.1 cm³/mol. The highest BCUT2D eigenvalue weighted by Gasteiger charge is 2.23. The Bertz CT molecular complexity index is 481. The molecule has 0 saturated carbocycles. The van der Waals surface area contributed by atoms with Crippen molar-refractivity contribution in [2.45, 2.75) is 19.8 Å². The molecule has 0 aliphatic carbocycles. The van der Waals surface area contributed by atoms with E-state index in [-0.39, 0.29) is 24.2 Å². The summed E-state index contributed by atoms with van der Waals surface area (Å²) in [6.07, 6.45) is 0.361. The SMILES string of the molecule is CC(=O)CCc1cccc([N+](=O)[O-])c1C(=O)O. The number of hydrogen-bond donors (Lipinski definition) is 1. The first-order chi connectivity index (χ1) is 7.93. The fraction of sp³-hybridized carbons (Fsp3) is 0.273. The van der Waals surface area contributed by atoms with Gasteiger partial charge in [-0.2, -0.15) is 0 Å². The molecule has 0 spiro atoms. The van der Waals surface area contributed by atoms with Gasteiger partial charge in [0, 0.05) is 12.5 Å². The number of Topliss-reactive ketones (excluding diaryl/α,β-unsaturated/α-hetero) is 1. The summed E-state index contributed by atoms with van der Waals surface area (Å²) in [4.78, 5) is 31.8. The molecule has 0 amide bonds. The van der Waals surface area contributed by atoms with E-state index in [1.807, 2.05) is 0 Å². The van der Waals surface area contributed by atoms with E-state index < -0.39 is 16.6 Å². The quantitative estimate of drug-likeness (QED) is 0.622. The highest BCUT2D eigenvalue weighted by atomic mass is 16.6. The molecule has 0 unspecified atom stereocenters. The third-order valence-electron chi connectivity index (χ3n) is 2.29. The van der Waals surface area contributed by atoms with Crippen LogP contribution in [-0.2, 0) is 11.2 Å². The smallest absolute Gasteiger partial charge is 0.343 e. The summed E-state index contributed by atoms with van der Waals surface area (Å²) in [6, 6.07) is 4.04. The number of hydrogen-bond acceptors (Lipinski definition) is 4. The summed E-state index contributed by atoms with van der Waals surface area (Å²) in [5, 5.41) is 19.7. The summed E-state index contributed by atoms with van der Waals surface area (Å²) in [5.41, 5.74) is -0.473. The minimum Gasteiger partial charge on any atom is -0.477 e. The Morgan fingerprint density at radius 3 is 2.53 bits per heavy atom. The summed E-state index contributed by atoms with van der Waals surface area (Å²) in [5.74, 6) is -1.44. The Morgan fingerprint density at radius 2 is 2.06 bits per heavy atom. The van der Waals surface area contributed by atoms with Crippen molar-refractivity contribution in [3.8, 4) is 0 Å². The second-order valence-electron chi connectivity index (χ2n) is 3.58. The average Bonchev–Trinajstić information content (AvgIpc) is 2.25. The van der Waals surface area contributed by atoms with Crippen molar-refractivity contribution < 1.29 is 19.6 Å². The average molecular weight is 237 g/mol. The first-order valence-corrected chi connectivity index (χ1v) is 4.92. The third-order valence-corrected chi connectivity index (χ3v) is 2.29. The number of carbonyl (C=O) groups is 2. The summed E-state index contributed by atoms with van der Waals surface area (Å²) < 4.78 is 0. The molecule has 1 aromatic rings. The summed E-state index contributed by atoms with van der Waals surface area (Å²) in [7, 11) is 0. The lowest BCUT2D eigenvalue weighted by atomic mass is 10.0. The van der Waals surface area contributed by atoms with Gasteiger partial charge in [0.05, 0.1) is 4.92 Å². The zero-order valence-electron chi connectivity index (χ0n) is 9.17. The van der Waals surface area contributed by atoms with Gasteiger partial charge in [-0.1, -0.05) is 12.1 Å². The zero-order chi connectivity index (χ0) is 13.0. The Labute approximate surface area is 97.0 Å². The minimum atomic E-state index is -1.35. The van der Waals surface area contributed by atoms with Crippen LogP contribution in [0.5, 0.6) is 0 Å². The largest absolute Gasteiger partial charge is 0.477 e. The molecule has 0 saturated heterocycles. The lowest BCUT2D eigenvalue weighted by Crippen LogP contribution is -2.08. The standard InChI is InChI=1S/C11H11NO5/c1-7(13)5-6-8-3-2-4-9(12(16)17)10(8)11(14)15/h2-4H,5-6H2,1H3,(H,14,15). The van der Waals surface area contributed by atoms with E-state index in [9.17, 15) is 19.7 Å². The number of carboxylic acid groups (broad SMARTS) is 1. The van der Waals surface area contributed by atoms with Crippen LogP contribution < -0.4 is 0 Å². The molecule has 1 aromatic carbocycles. The number of nitro groups is 1. The number of ketones is 1. The van der Waals surface area contributed by atoms with Gasteiger partial charge in [0.15, 0.2) is 0 Å². The Kier molecular flexibility index (Phi) is 3.92. The maximum Gasteiger partial charge on any atom is 0.343 e. The van der Waals surface area contributed by atoms with E-state index in [2.05, 4.69) is 0 Å². The molecule has 1 N–H and O–H groups in total. The number of benzene rings is 1. The van der Waals surface area contributed by atoms with Crippen LogP contribution in [0.3, 0.4) is 0 Å². The van der Waals surface area contributed by atoms with Gasteiger partial charge in [0.1, 0.15) is 11.3 Å². The minimum absolute atomic E-state index is 0.0900. The molecule has 0 fully saturated rings. The molecule has 0 aliphatic rings. The highest BCUT2D eigenvalue weighted by molar-refractivity contribution is 5.94. The van der Waals surface area contributed by atoms with Gasteiger partial charge in [-0.3, -0.25) is 10.1 Å². The molecule has 90 valence electrons. The van der Waals surface area contributed by atoms with Crippen LogP contribution >= 0.6 is 0 Å². The van der Waals surface area contributed by atoms with E-state index in [1.165, 1.54) is 19.1 Å². The monoisotopic (exact) mass is 237 g/mol. The molecule has 0 bridgehead atoms. The third kappa shape index (κ3) is 3.10. The molecule has 0 atom stereocenters. The van der Waals surface area contributed by atoms with Gasteiger partial charge in [-0.15, -0.1) is 0 Å². The number of nitrogens with zero attached hydrogens (tertiary/aromatic N) is 1. The maximum atomic E-state index is 11.0. The number of rotatable bonds is 5. The first kappa shape index (κ1) is 12.8. The van der Waals surface area contributed by atoms with Crippen LogP contribution in [0.2, 0.25) is 0 Å². The van der Waals surface area contributed by atoms with Crippen molar-refractivity contribution in [2.75, 3.05) is 0 Å². The second kappa shape index (κ2) is 5.20. The first-order valence-electron chi connectivity index (χ1n) is 4.92. The molecule has 0 aliphatic heterocycles. The van der Waals surface area contributed by atoms with Gasteiger partial charge >= 0.3 is 5.97 Å². The summed E-state index contributed by atoms with van der Waals surface area (Å²) >= 11 is 0. The topological polar surface area (TPSA) is 97.5 Å². The molecule has 1 rings (SSSR count). The Morgan fingerprint density at radius 1 is 1.41 bits per heavy atom. The van der Waals surface area contributed by atoms with Crippen molar-refractivity contribution in [3.63, 3.8) is 0 Å². The number of aromatic carboxylic acids is 1. The van der Waals surface area contributed by atoms with Gasteiger partial charge in [0.2, 0.25) is 0 Å². The van der Waals surface area contributed by atoms with E-state index in [0.717, 1.165) is 6.07 Å². The summed E-state index contributed by atoms with van der Waals surface area (Å²) in [6.45, 7) is 1.39. The molecule has 6 nitrogen and oxygen atoms in total. The lowest BCUT2D eigenvalue weighted by Gasteiger charge is -2.05. The van der Waals surface area contributed by atoms with Crippen molar-refractivity contribution in [3.05, 3.63) is 39.4 Å². The Balaban J connectivity index is 3.20. The van der Waals surface area contributed by atoms with Crippen molar-refractivity contribution >= 4 is 17.4 Å². The van der Waals surface area contributed by atoms with Crippen LogP contribution in [0, 0.1) is 10.1 Å². The number of aryl methyl sites for hydroxylation is 1. The van der Waals surface area contributed by atoms with E-state index in [4.69, 9.17) is 5.11 Å². The van der Waals surface area contributed by atoms with Crippen LogP contribution in [0.15, 0.2) is 18.2 Å². The molecular weight excluding hydrogens is 226 g/mol. The molecule has 6 heteroatoms. The van der Waals surface area contributed by atoms with Gasteiger partial charge in [-0.05, 0) is 18.9 Å².